The van der Waals surface area contributed by atoms with Crippen molar-refractivity contribution in [3.63, 3.8) is 0 Å². The first kappa shape index (κ1) is 16.5. The molecule has 0 aliphatic rings. The molecule has 1 amide bonds. The molecule has 3 N–H and O–H groups in total. The number of methoxy groups -OCH3 is 1. The van der Waals surface area contributed by atoms with Gasteiger partial charge >= 0.3 is 5.97 Å². The van der Waals surface area contributed by atoms with Crippen LogP contribution in [0.5, 0.6) is 0 Å². The Hall–Kier alpha value is -1.59. The van der Waals surface area contributed by atoms with Gasteiger partial charge in [0.1, 0.15) is 0 Å². The number of nitrogens with one attached hydrogen (secondary N) is 1. The third kappa shape index (κ3) is 3.95. The number of carbonyl (C=O) groups excluding carboxylic acids is 2. The summed E-state index contributed by atoms with van der Waals surface area (Å²) < 4.78 is 4.62. The summed E-state index contributed by atoms with van der Waals surface area (Å²) in [5.74, 6) is -0.887. The van der Waals surface area contributed by atoms with Crippen LogP contribution in [0.4, 0.5) is 5.69 Å². The number of benzene rings is 1. The summed E-state index contributed by atoms with van der Waals surface area (Å²) >= 11 is 5.90. The Labute approximate surface area is 123 Å². The van der Waals surface area contributed by atoms with Gasteiger partial charge in [-0.1, -0.05) is 32.4 Å². The molecule has 0 saturated carbocycles. The maximum absolute atomic E-state index is 12.0. The lowest BCUT2D eigenvalue weighted by atomic mass is 9.87. The highest BCUT2D eigenvalue weighted by molar-refractivity contribution is 6.33. The second-order valence-corrected chi connectivity index (χ2v) is 5.93. The molecule has 0 aromatic heterocycles. The summed E-state index contributed by atoms with van der Waals surface area (Å²) in [4.78, 5) is 23.5. The summed E-state index contributed by atoms with van der Waals surface area (Å²) in [7, 11) is 1.26. The van der Waals surface area contributed by atoms with Crippen LogP contribution >= 0.6 is 11.6 Å². The van der Waals surface area contributed by atoms with Gasteiger partial charge in [0.2, 0.25) is 5.91 Å². The molecular weight excluding hydrogens is 280 g/mol. The number of halogens is 1. The molecule has 0 aliphatic heterocycles. The highest BCUT2D eigenvalue weighted by Gasteiger charge is 2.27. The van der Waals surface area contributed by atoms with Crippen molar-refractivity contribution in [2.45, 2.75) is 26.8 Å². The van der Waals surface area contributed by atoms with Crippen LogP contribution in [0.1, 0.15) is 31.1 Å². The molecule has 0 bridgehead atoms. The van der Waals surface area contributed by atoms with E-state index in [9.17, 15) is 9.59 Å². The van der Waals surface area contributed by atoms with E-state index in [4.69, 9.17) is 17.3 Å². The summed E-state index contributed by atoms with van der Waals surface area (Å²) in [5, 5.41) is 2.92. The standard InChI is InChI=1S/C14H19ClN2O3/c1-14(2,3)11(16)12(18)17-8-5-6-10(15)9(7-8)13(19)20-4/h5-7,11H,16H2,1-4H3,(H,17,18)/t11-/m0/s1. The fourth-order valence-corrected chi connectivity index (χ4v) is 1.68. The molecule has 20 heavy (non-hydrogen) atoms. The second kappa shape index (κ2) is 6.24. The SMILES string of the molecule is COC(=O)c1cc(NC(=O)[C@H](N)C(C)(C)C)ccc1Cl. The summed E-state index contributed by atoms with van der Waals surface area (Å²) in [5.41, 5.74) is 6.14. The third-order valence-corrected chi connectivity index (χ3v) is 3.18. The normalized spacial score (nSPS) is 12.7. The van der Waals surface area contributed by atoms with E-state index in [0.29, 0.717) is 5.69 Å². The lowest BCUT2D eigenvalue weighted by Gasteiger charge is -2.25. The average molecular weight is 299 g/mol. The molecule has 0 saturated heterocycles. The number of amides is 1. The Kier molecular flexibility index (Phi) is 5.14. The first-order valence-corrected chi connectivity index (χ1v) is 6.49. The number of hydrogen-bond acceptors (Lipinski definition) is 4. The maximum atomic E-state index is 12.0. The van der Waals surface area contributed by atoms with Crippen molar-refractivity contribution in [2.75, 3.05) is 12.4 Å². The Morgan fingerprint density at radius 1 is 1.35 bits per heavy atom. The smallest absolute Gasteiger partial charge is 0.339 e. The molecular formula is C14H19ClN2O3. The van der Waals surface area contributed by atoms with Gasteiger partial charge in [-0.2, -0.15) is 0 Å². The van der Waals surface area contributed by atoms with Crippen molar-refractivity contribution in [1.82, 2.24) is 0 Å². The molecule has 1 rings (SSSR count). The van der Waals surface area contributed by atoms with Crippen LogP contribution < -0.4 is 11.1 Å². The number of anilines is 1. The van der Waals surface area contributed by atoms with Gasteiger partial charge in [-0.25, -0.2) is 4.79 Å². The van der Waals surface area contributed by atoms with Crippen molar-refractivity contribution in [1.29, 1.82) is 0 Å². The molecule has 1 atom stereocenters. The van der Waals surface area contributed by atoms with E-state index in [1.807, 2.05) is 20.8 Å². The van der Waals surface area contributed by atoms with Crippen molar-refractivity contribution in [3.05, 3.63) is 28.8 Å². The maximum Gasteiger partial charge on any atom is 0.339 e. The number of carbonyl (C=O) groups is 2. The van der Waals surface area contributed by atoms with E-state index in [1.165, 1.54) is 19.2 Å². The van der Waals surface area contributed by atoms with Crippen molar-refractivity contribution in [2.24, 2.45) is 11.1 Å². The highest BCUT2D eigenvalue weighted by atomic mass is 35.5. The van der Waals surface area contributed by atoms with E-state index >= 15 is 0 Å². The molecule has 0 radical (unpaired) electrons. The lowest BCUT2D eigenvalue weighted by molar-refractivity contribution is -0.119. The predicted molar refractivity (Wildman–Crippen MR) is 78.9 cm³/mol. The minimum Gasteiger partial charge on any atom is -0.465 e. The molecule has 1 aromatic carbocycles. The van der Waals surface area contributed by atoms with Gasteiger partial charge in [-0.05, 0) is 23.6 Å². The van der Waals surface area contributed by atoms with E-state index in [0.717, 1.165) is 0 Å². The largest absolute Gasteiger partial charge is 0.465 e. The van der Waals surface area contributed by atoms with Crippen LogP contribution in [-0.4, -0.2) is 25.0 Å². The first-order chi connectivity index (χ1) is 9.16. The molecule has 0 fully saturated rings. The molecule has 6 heteroatoms. The van der Waals surface area contributed by atoms with Crippen molar-refractivity contribution >= 4 is 29.2 Å². The van der Waals surface area contributed by atoms with Crippen LogP contribution in [-0.2, 0) is 9.53 Å². The second-order valence-electron chi connectivity index (χ2n) is 5.52. The monoisotopic (exact) mass is 298 g/mol. The number of ether oxygens (including phenoxy) is 1. The average Bonchev–Trinajstić information content (AvgIpc) is 2.38. The number of nitrogens with two attached hydrogens (primary N) is 1. The van der Waals surface area contributed by atoms with Gasteiger partial charge < -0.3 is 15.8 Å². The topological polar surface area (TPSA) is 81.4 Å². The molecule has 0 aliphatic carbocycles. The highest BCUT2D eigenvalue weighted by Crippen LogP contribution is 2.23. The number of esters is 1. The molecule has 1 aromatic rings. The Morgan fingerprint density at radius 3 is 2.45 bits per heavy atom. The summed E-state index contributed by atoms with van der Waals surface area (Å²) in [6, 6.07) is 3.91. The van der Waals surface area contributed by atoms with Gasteiger partial charge in [0, 0.05) is 5.69 Å². The van der Waals surface area contributed by atoms with Gasteiger partial charge in [-0.3, -0.25) is 4.79 Å². The zero-order chi connectivity index (χ0) is 15.5. The fraction of sp³-hybridized carbons (Fsp3) is 0.429. The fourth-order valence-electron chi connectivity index (χ4n) is 1.48. The summed E-state index contributed by atoms with van der Waals surface area (Å²) in [6.45, 7) is 5.62. The first-order valence-electron chi connectivity index (χ1n) is 6.11. The van der Waals surface area contributed by atoms with E-state index in [1.54, 1.807) is 6.07 Å². The molecule has 110 valence electrons. The minimum atomic E-state index is -0.667. The zero-order valence-corrected chi connectivity index (χ0v) is 12.7. The van der Waals surface area contributed by atoms with Crippen LogP contribution in [0.2, 0.25) is 5.02 Å². The number of hydrogen-bond donors (Lipinski definition) is 2. The van der Waals surface area contributed by atoms with E-state index < -0.39 is 12.0 Å². The predicted octanol–water partition coefficient (Wildman–Crippen LogP) is 2.44. The van der Waals surface area contributed by atoms with Gasteiger partial charge in [-0.15, -0.1) is 0 Å². The Balaban J connectivity index is 2.94. The van der Waals surface area contributed by atoms with Gasteiger partial charge in [0.05, 0.1) is 23.7 Å². The van der Waals surface area contributed by atoms with E-state index in [2.05, 4.69) is 10.1 Å². The minimum absolute atomic E-state index is 0.191. The van der Waals surface area contributed by atoms with Crippen LogP contribution in [0.3, 0.4) is 0 Å². The van der Waals surface area contributed by atoms with Crippen LogP contribution in [0.15, 0.2) is 18.2 Å². The summed E-state index contributed by atoms with van der Waals surface area (Å²) in [6.07, 6.45) is 0. The lowest BCUT2D eigenvalue weighted by Crippen LogP contribution is -2.45. The van der Waals surface area contributed by atoms with Crippen LogP contribution in [0, 0.1) is 5.41 Å². The van der Waals surface area contributed by atoms with Crippen molar-refractivity contribution < 1.29 is 14.3 Å². The van der Waals surface area contributed by atoms with Crippen LogP contribution in [0.25, 0.3) is 0 Å². The molecule has 5 nitrogen and oxygen atoms in total. The van der Waals surface area contributed by atoms with Crippen molar-refractivity contribution in [3.8, 4) is 0 Å². The van der Waals surface area contributed by atoms with Gasteiger partial charge in [0.25, 0.3) is 0 Å². The quantitative estimate of drug-likeness (QED) is 0.840. The third-order valence-electron chi connectivity index (χ3n) is 2.85. The Morgan fingerprint density at radius 2 is 1.95 bits per heavy atom. The zero-order valence-electron chi connectivity index (χ0n) is 12.0. The Bertz CT molecular complexity index is 524. The molecule has 0 spiro atoms. The van der Waals surface area contributed by atoms with E-state index in [-0.39, 0.29) is 21.9 Å². The van der Waals surface area contributed by atoms with Gasteiger partial charge in [0.15, 0.2) is 0 Å². The molecule has 0 heterocycles. The molecule has 0 unspecified atom stereocenters. The number of rotatable bonds is 3.